The van der Waals surface area contributed by atoms with E-state index >= 15 is 0 Å². The van der Waals surface area contributed by atoms with Crippen LogP contribution in [0.15, 0.2) is 11.2 Å². The molecule has 1 saturated carbocycles. The van der Waals surface area contributed by atoms with Gasteiger partial charge in [0.25, 0.3) is 10.0 Å². The van der Waals surface area contributed by atoms with Crippen molar-refractivity contribution >= 4 is 10.0 Å². The highest BCUT2D eigenvalue weighted by Crippen LogP contribution is 2.19. The lowest BCUT2D eigenvalue weighted by Crippen LogP contribution is -2.36. The molecule has 0 aromatic carbocycles. The maximum Gasteiger partial charge on any atom is 0.259 e. The molecule has 0 amide bonds. The van der Waals surface area contributed by atoms with Gasteiger partial charge in [0.2, 0.25) is 0 Å². The van der Waals surface area contributed by atoms with E-state index in [9.17, 15) is 8.42 Å². The van der Waals surface area contributed by atoms with Gasteiger partial charge in [-0.25, -0.2) is 18.1 Å². The van der Waals surface area contributed by atoms with Crippen LogP contribution >= 0.6 is 0 Å². The Balaban J connectivity index is 2.12. The Bertz CT molecular complexity index is 467. The third-order valence-corrected chi connectivity index (χ3v) is 4.68. The molecule has 5 nitrogen and oxygen atoms in total. The van der Waals surface area contributed by atoms with Gasteiger partial charge >= 0.3 is 0 Å². The molecule has 0 bridgehead atoms. The van der Waals surface area contributed by atoms with Crippen molar-refractivity contribution in [2.24, 2.45) is 7.05 Å². The molecule has 17 heavy (non-hydrogen) atoms. The van der Waals surface area contributed by atoms with E-state index in [0.717, 1.165) is 25.7 Å². The van der Waals surface area contributed by atoms with Crippen LogP contribution in [0, 0.1) is 6.92 Å². The van der Waals surface area contributed by atoms with Crippen LogP contribution in [-0.2, 0) is 17.1 Å². The van der Waals surface area contributed by atoms with Gasteiger partial charge in [-0.2, -0.15) is 0 Å². The van der Waals surface area contributed by atoms with E-state index in [0.29, 0.717) is 5.82 Å². The number of nitrogens with zero attached hydrogens (tertiary/aromatic N) is 2. The average molecular weight is 257 g/mol. The highest BCUT2D eigenvalue weighted by atomic mass is 32.2. The maximum atomic E-state index is 12.1. The normalized spacial score (nSPS) is 18.5. The Morgan fingerprint density at radius 2 is 2.00 bits per heavy atom. The minimum Gasteiger partial charge on any atom is -0.337 e. The second-order valence-corrected chi connectivity index (χ2v) is 6.35. The Morgan fingerprint density at radius 3 is 2.53 bits per heavy atom. The molecular formula is C11H19N3O2S. The Morgan fingerprint density at radius 1 is 1.35 bits per heavy atom. The molecule has 0 radical (unpaired) electrons. The third-order valence-electron chi connectivity index (χ3n) is 3.29. The summed E-state index contributed by atoms with van der Waals surface area (Å²) in [6, 6.07) is 0.0797. The molecule has 0 spiro atoms. The van der Waals surface area contributed by atoms with Crippen molar-refractivity contribution in [1.29, 1.82) is 0 Å². The van der Waals surface area contributed by atoms with E-state index in [1.807, 2.05) is 0 Å². The fourth-order valence-electron chi connectivity index (χ4n) is 2.16. The number of aromatic nitrogens is 2. The van der Waals surface area contributed by atoms with E-state index in [2.05, 4.69) is 9.71 Å². The van der Waals surface area contributed by atoms with Gasteiger partial charge < -0.3 is 4.57 Å². The van der Waals surface area contributed by atoms with Crippen LogP contribution < -0.4 is 4.72 Å². The van der Waals surface area contributed by atoms with Gasteiger partial charge in [-0.1, -0.05) is 19.3 Å². The first kappa shape index (κ1) is 12.6. The maximum absolute atomic E-state index is 12.1. The van der Waals surface area contributed by atoms with Crippen LogP contribution in [0.3, 0.4) is 0 Å². The molecule has 1 N–H and O–H groups in total. The van der Waals surface area contributed by atoms with Crippen LogP contribution in [0.2, 0.25) is 0 Å². The van der Waals surface area contributed by atoms with E-state index in [1.54, 1.807) is 24.7 Å². The average Bonchev–Trinajstić information content (AvgIpc) is 2.61. The van der Waals surface area contributed by atoms with Gasteiger partial charge in [0.1, 0.15) is 5.82 Å². The lowest BCUT2D eigenvalue weighted by Gasteiger charge is -2.21. The number of hydrogen-bond acceptors (Lipinski definition) is 3. The monoisotopic (exact) mass is 257 g/mol. The largest absolute Gasteiger partial charge is 0.337 e. The molecule has 0 atom stereocenters. The summed E-state index contributed by atoms with van der Waals surface area (Å²) in [4.78, 5) is 4.06. The Kier molecular flexibility index (Phi) is 3.53. The van der Waals surface area contributed by atoms with E-state index in [-0.39, 0.29) is 11.1 Å². The molecule has 0 saturated heterocycles. The van der Waals surface area contributed by atoms with E-state index in [4.69, 9.17) is 0 Å². The first-order chi connectivity index (χ1) is 7.99. The second kappa shape index (κ2) is 4.78. The minimum atomic E-state index is -3.44. The molecule has 1 heterocycles. The summed E-state index contributed by atoms with van der Waals surface area (Å²) in [6.07, 6.45) is 6.85. The molecule has 1 aliphatic rings. The Labute approximate surface area is 102 Å². The Hall–Kier alpha value is -0.880. The summed E-state index contributed by atoms with van der Waals surface area (Å²) in [6.45, 7) is 1.79. The fourth-order valence-corrected chi connectivity index (χ4v) is 3.50. The van der Waals surface area contributed by atoms with Crippen molar-refractivity contribution in [2.75, 3.05) is 0 Å². The van der Waals surface area contributed by atoms with Crippen molar-refractivity contribution < 1.29 is 8.42 Å². The molecule has 96 valence electrons. The van der Waals surface area contributed by atoms with Gasteiger partial charge in [-0.05, 0) is 19.8 Å². The second-order valence-electron chi connectivity index (χ2n) is 4.69. The molecule has 1 aromatic heterocycles. The molecular weight excluding hydrogens is 238 g/mol. The van der Waals surface area contributed by atoms with Gasteiger partial charge in [-0.3, -0.25) is 0 Å². The summed E-state index contributed by atoms with van der Waals surface area (Å²) in [5, 5.41) is 0.128. The highest BCUT2D eigenvalue weighted by Gasteiger charge is 2.24. The molecule has 2 rings (SSSR count). The standard InChI is InChI=1S/C11H19N3O2S/c1-9-12-11(8-14(9)2)17(15,16)13-10-6-4-3-5-7-10/h8,10,13H,3-7H2,1-2H3. The van der Waals surface area contributed by atoms with Crippen molar-refractivity contribution in [1.82, 2.24) is 14.3 Å². The van der Waals surface area contributed by atoms with Crippen molar-refractivity contribution in [3.05, 3.63) is 12.0 Å². The third kappa shape index (κ3) is 2.87. The van der Waals surface area contributed by atoms with Crippen LogP contribution in [-0.4, -0.2) is 24.0 Å². The predicted octanol–water partition coefficient (Wildman–Crippen LogP) is 1.34. The summed E-state index contributed by atoms with van der Waals surface area (Å²) in [7, 11) is -1.65. The summed E-state index contributed by atoms with van der Waals surface area (Å²) < 4.78 is 28.6. The highest BCUT2D eigenvalue weighted by molar-refractivity contribution is 7.89. The van der Waals surface area contributed by atoms with Crippen LogP contribution in [0.25, 0.3) is 0 Å². The van der Waals surface area contributed by atoms with Gasteiger partial charge in [0, 0.05) is 19.3 Å². The number of sulfonamides is 1. The zero-order chi connectivity index (χ0) is 12.5. The number of imidazole rings is 1. The molecule has 1 aliphatic carbocycles. The molecule has 6 heteroatoms. The molecule has 0 aliphatic heterocycles. The number of hydrogen-bond donors (Lipinski definition) is 1. The number of aryl methyl sites for hydroxylation is 2. The van der Waals surface area contributed by atoms with Crippen LogP contribution in [0.1, 0.15) is 37.9 Å². The molecule has 1 fully saturated rings. The number of rotatable bonds is 3. The van der Waals surface area contributed by atoms with E-state index in [1.165, 1.54) is 6.42 Å². The van der Waals surface area contributed by atoms with Crippen molar-refractivity contribution in [2.45, 2.75) is 50.1 Å². The zero-order valence-electron chi connectivity index (χ0n) is 10.3. The molecule has 0 unspecified atom stereocenters. The lowest BCUT2D eigenvalue weighted by molar-refractivity contribution is 0.411. The SMILES string of the molecule is Cc1nc(S(=O)(=O)NC2CCCCC2)cn1C. The quantitative estimate of drug-likeness (QED) is 0.888. The fraction of sp³-hybridized carbons (Fsp3) is 0.727. The first-order valence-corrected chi connectivity index (χ1v) is 7.49. The summed E-state index contributed by atoms with van der Waals surface area (Å²) in [5.41, 5.74) is 0. The topological polar surface area (TPSA) is 64.0 Å². The van der Waals surface area contributed by atoms with E-state index < -0.39 is 10.0 Å². The predicted molar refractivity (Wildman–Crippen MR) is 65.1 cm³/mol. The summed E-state index contributed by atoms with van der Waals surface area (Å²) in [5.74, 6) is 0.703. The zero-order valence-corrected chi connectivity index (χ0v) is 11.1. The first-order valence-electron chi connectivity index (χ1n) is 6.01. The van der Waals surface area contributed by atoms with Gasteiger partial charge in [-0.15, -0.1) is 0 Å². The summed E-state index contributed by atoms with van der Waals surface area (Å²) >= 11 is 0. The number of nitrogens with one attached hydrogen (secondary N) is 1. The van der Waals surface area contributed by atoms with Gasteiger partial charge in [0.15, 0.2) is 5.03 Å². The minimum absolute atomic E-state index is 0.0797. The lowest BCUT2D eigenvalue weighted by atomic mass is 9.96. The van der Waals surface area contributed by atoms with Crippen LogP contribution in [0.4, 0.5) is 0 Å². The molecule has 1 aromatic rings. The van der Waals surface area contributed by atoms with Crippen molar-refractivity contribution in [3.8, 4) is 0 Å². The van der Waals surface area contributed by atoms with Gasteiger partial charge in [0.05, 0.1) is 0 Å². The smallest absolute Gasteiger partial charge is 0.259 e. The van der Waals surface area contributed by atoms with Crippen LogP contribution in [0.5, 0.6) is 0 Å². The van der Waals surface area contributed by atoms with Crippen molar-refractivity contribution in [3.63, 3.8) is 0 Å².